The van der Waals surface area contributed by atoms with E-state index in [0.717, 1.165) is 17.8 Å². The highest BCUT2D eigenvalue weighted by Gasteiger charge is 2.37. The van der Waals surface area contributed by atoms with E-state index in [1.54, 1.807) is 0 Å². The first kappa shape index (κ1) is 32.5. The topological polar surface area (TPSA) is 3.24 Å². The molecule has 0 unspecified atom stereocenters. The molecule has 0 saturated carbocycles. The van der Waals surface area contributed by atoms with Crippen LogP contribution in [-0.2, 0) is 18.3 Å². The summed E-state index contributed by atoms with van der Waals surface area (Å²) in [6, 6.07) is 65.5. The van der Waals surface area contributed by atoms with E-state index in [-0.39, 0.29) is 5.41 Å². The molecule has 260 valence electrons. The third-order valence-electron chi connectivity index (χ3n) is 12.1. The van der Waals surface area contributed by atoms with Gasteiger partial charge < -0.3 is 4.90 Å². The molecule has 1 heteroatoms. The second-order valence-corrected chi connectivity index (χ2v) is 15.5. The van der Waals surface area contributed by atoms with Crippen LogP contribution < -0.4 is 4.90 Å². The molecule has 0 saturated heterocycles. The van der Waals surface area contributed by atoms with Gasteiger partial charge in [-0.1, -0.05) is 159 Å². The van der Waals surface area contributed by atoms with Crippen molar-refractivity contribution >= 4 is 27.8 Å². The van der Waals surface area contributed by atoms with Crippen LogP contribution in [0.1, 0.15) is 48.9 Å². The Kier molecular flexibility index (Phi) is 7.84. The van der Waals surface area contributed by atoms with Crippen molar-refractivity contribution in [3.05, 3.63) is 198 Å². The van der Waals surface area contributed by atoms with Crippen LogP contribution in [0.3, 0.4) is 0 Å². The lowest BCUT2D eigenvalue weighted by Gasteiger charge is -2.30. The third kappa shape index (κ3) is 5.30. The Hall–Kier alpha value is -6.18. The van der Waals surface area contributed by atoms with Gasteiger partial charge in [0.2, 0.25) is 0 Å². The van der Waals surface area contributed by atoms with Crippen molar-refractivity contribution in [2.75, 3.05) is 4.90 Å². The third-order valence-corrected chi connectivity index (χ3v) is 12.1. The second kappa shape index (κ2) is 13.0. The Morgan fingerprint density at radius 3 is 1.93 bits per heavy atom. The van der Waals surface area contributed by atoms with Crippen LogP contribution in [0.2, 0.25) is 0 Å². The van der Waals surface area contributed by atoms with E-state index in [1.165, 1.54) is 102 Å². The van der Waals surface area contributed by atoms with Crippen LogP contribution in [0, 0.1) is 0 Å². The quantitative estimate of drug-likeness (QED) is 0.168. The number of hydrogen-bond donors (Lipinski definition) is 0. The molecular weight excluding hydrogens is 651 g/mol. The number of fused-ring (bicyclic) bond motifs is 5. The van der Waals surface area contributed by atoms with Crippen LogP contribution in [0.5, 0.6) is 0 Å². The number of rotatable bonds is 6. The molecule has 0 aliphatic heterocycles. The summed E-state index contributed by atoms with van der Waals surface area (Å²) < 4.78 is 0. The van der Waals surface area contributed by atoms with Gasteiger partial charge in [0.05, 0.1) is 5.69 Å². The van der Waals surface area contributed by atoms with E-state index in [2.05, 4.69) is 195 Å². The average molecular weight is 694 g/mol. The largest absolute Gasteiger partial charge is 0.310 e. The maximum absolute atomic E-state index is 2.50. The molecule has 2 aliphatic carbocycles. The first-order chi connectivity index (χ1) is 26.6. The second-order valence-electron chi connectivity index (χ2n) is 15.5. The van der Waals surface area contributed by atoms with Crippen LogP contribution in [0.25, 0.3) is 55.3 Å². The molecule has 0 fully saturated rings. The van der Waals surface area contributed by atoms with Crippen molar-refractivity contribution in [1.29, 1.82) is 0 Å². The molecule has 8 aromatic carbocycles. The number of benzene rings is 8. The van der Waals surface area contributed by atoms with Crippen molar-refractivity contribution in [1.82, 2.24) is 0 Å². The minimum atomic E-state index is -0.168. The van der Waals surface area contributed by atoms with Gasteiger partial charge in [-0.25, -0.2) is 0 Å². The fraction of sp³-hybridized carbons (Fsp3) is 0.132. The van der Waals surface area contributed by atoms with E-state index in [9.17, 15) is 0 Å². The Morgan fingerprint density at radius 2 is 1.11 bits per heavy atom. The molecule has 10 rings (SSSR count). The minimum absolute atomic E-state index is 0.168. The Balaban J connectivity index is 1.18. The summed E-state index contributed by atoms with van der Waals surface area (Å²) in [6.07, 6.45) is 4.91. The average Bonchev–Trinajstić information content (AvgIpc) is 3.47. The van der Waals surface area contributed by atoms with Gasteiger partial charge in [0, 0.05) is 22.4 Å². The summed E-state index contributed by atoms with van der Waals surface area (Å²) in [6.45, 7) is 4.78. The van der Waals surface area contributed by atoms with E-state index < -0.39 is 0 Å². The van der Waals surface area contributed by atoms with Gasteiger partial charge in [0.15, 0.2) is 0 Å². The predicted octanol–water partition coefficient (Wildman–Crippen LogP) is 14.5. The Labute approximate surface area is 319 Å². The van der Waals surface area contributed by atoms with E-state index in [4.69, 9.17) is 0 Å². The molecular formula is C53H43N. The van der Waals surface area contributed by atoms with Gasteiger partial charge in [0.25, 0.3) is 0 Å². The highest BCUT2D eigenvalue weighted by Crippen LogP contribution is 2.54. The monoisotopic (exact) mass is 693 g/mol. The van der Waals surface area contributed by atoms with Crippen LogP contribution in [0.15, 0.2) is 176 Å². The maximum Gasteiger partial charge on any atom is 0.0546 e. The molecule has 0 spiro atoms. The highest BCUT2D eigenvalue weighted by molar-refractivity contribution is 6.05. The van der Waals surface area contributed by atoms with E-state index >= 15 is 0 Å². The molecule has 8 aromatic rings. The van der Waals surface area contributed by atoms with Gasteiger partial charge in [-0.2, -0.15) is 0 Å². The maximum atomic E-state index is 2.50. The van der Waals surface area contributed by atoms with Gasteiger partial charge in [-0.3, -0.25) is 0 Å². The number of anilines is 3. The van der Waals surface area contributed by atoms with Gasteiger partial charge in [-0.05, 0) is 128 Å². The van der Waals surface area contributed by atoms with Gasteiger partial charge in [-0.15, -0.1) is 0 Å². The summed E-state index contributed by atoms with van der Waals surface area (Å²) >= 11 is 0. The fourth-order valence-corrected chi connectivity index (χ4v) is 9.40. The summed E-state index contributed by atoms with van der Waals surface area (Å²) in [5.41, 5.74) is 19.5. The van der Waals surface area contributed by atoms with Gasteiger partial charge in [0.1, 0.15) is 0 Å². The van der Waals surface area contributed by atoms with Crippen molar-refractivity contribution in [3.63, 3.8) is 0 Å². The molecule has 2 aliphatic rings. The van der Waals surface area contributed by atoms with E-state index in [1.807, 2.05) is 0 Å². The molecule has 1 nitrogen and oxygen atoms in total. The standard InChI is InChI=1S/C53H43N/c1-53(2)48-26-14-25-46(37-15-5-3-6-16-37)52(48)47-33-32-42(35-49(47)53)54(41-30-27-39(28-31-41)44-24-13-21-36-17-9-11-22-43(36)44)50-34-29-38-18-10-12-23-45(38)51(50)40-19-7-4-8-20-40/h3-8,10,12-16,18-21,23-35H,9,11,17,22H2,1-2H3. The lowest BCUT2D eigenvalue weighted by molar-refractivity contribution is 0.660. The SMILES string of the molecule is CC1(C)c2cc(N(c3ccc(-c4cccc5c4CCCC5)cc3)c3ccc4ccccc4c3-c3ccccc3)ccc2-c2c(-c3ccccc3)cccc21. The number of aryl methyl sites for hydroxylation is 1. The summed E-state index contributed by atoms with van der Waals surface area (Å²) in [5, 5.41) is 2.49. The van der Waals surface area contributed by atoms with Crippen molar-refractivity contribution in [2.24, 2.45) is 0 Å². The number of hydrogen-bond acceptors (Lipinski definition) is 1. The minimum Gasteiger partial charge on any atom is -0.310 e. The van der Waals surface area contributed by atoms with Crippen LogP contribution in [-0.4, -0.2) is 0 Å². The molecule has 0 atom stereocenters. The van der Waals surface area contributed by atoms with Crippen molar-refractivity contribution in [3.8, 4) is 44.5 Å². The van der Waals surface area contributed by atoms with Crippen LogP contribution in [0.4, 0.5) is 17.1 Å². The molecule has 0 amide bonds. The lowest BCUT2D eigenvalue weighted by atomic mass is 9.81. The van der Waals surface area contributed by atoms with E-state index in [0.29, 0.717) is 0 Å². The fourth-order valence-electron chi connectivity index (χ4n) is 9.40. The smallest absolute Gasteiger partial charge is 0.0546 e. The predicted molar refractivity (Wildman–Crippen MR) is 229 cm³/mol. The Bertz CT molecular complexity index is 2670. The highest BCUT2D eigenvalue weighted by atomic mass is 15.1. The molecule has 54 heavy (non-hydrogen) atoms. The first-order valence-electron chi connectivity index (χ1n) is 19.5. The normalized spacial score (nSPS) is 14.0. The first-order valence-corrected chi connectivity index (χ1v) is 19.5. The summed E-state index contributed by atoms with van der Waals surface area (Å²) in [7, 11) is 0. The number of nitrogens with zero attached hydrogens (tertiary/aromatic N) is 1. The van der Waals surface area contributed by atoms with Crippen molar-refractivity contribution in [2.45, 2.75) is 44.9 Å². The van der Waals surface area contributed by atoms with Gasteiger partial charge >= 0.3 is 0 Å². The summed E-state index contributed by atoms with van der Waals surface area (Å²) in [4.78, 5) is 2.50. The summed E-state index contributed by atoms with van der Waals surface area (Å²) in [5.74, 6) is 0. The zero-order chi connectivity index (χ0) is 36.2. The molecule has 0 radical (unpaired) electrons. The van der Waals surface area contributed by atoms with Crippen LogP contribution >= 0.6 is 0 Å². The molecule has 0 aromatic heterocycles. The molecule has 0 bridgehead atoms. The Morgan fingerprint density at radius 1 is 0.444 bits per heavy atom. The zero-order valence-corrected chi connectivity index (χ0v) is 31.0. The zero-order valence-electron chi connectivity index (χ0n) is 31.0. The molecule has 0 N–H and O–H groups in total. The van der Waals surface area contributed by atoms with Crippen molar-refractivity contribution < 1.29 is 0 Å². The molecule has 0 heterocycles. The lowest BCUT2D eigenvalue weighted by Crippen LogP contribution is -2.17.